The molecule has 2 rings (SSSR count). The van der Waals surface area contributed by atoms with E-state index < -0.39 is 12.1 Å². The molecule has 1 unspecified atom stereocenters. The smallest absolute Gasteiger partial charge is 0.355 e. The van der Waals surface area contributed by atoms with Gasteiger partial charge in [-0.3, -0.25) is 9.59 Å². The molecule has 1 N–H and O–H groups in total. The zero-order valence-corrected chi connectivity index (χ0v) is 11.0. The van der Waals surface area contributed by atoms with Crippen molar-refractivity contribution in [2.24, 2.45) is 0 Å². The number of carbonyl (C=O) groups excluding carboxylic acids is 3. The minimum absolute atomic E-state index is 0.00937. The van der Waals surface area contributed by atoms with Crippen LogP contribution in [0.25, 0.3) is 0 Å². The van der Waals surface area contributed by atoms with E-state index in [1.165, 1.54) is 7.11 Å². The van der Waals surface area contributed by atoms with Crippen LogP contribution in [0.3, 0.4) is 0 Å². The van der Waals surface area contributed by atoms with Crippen LogP contribution in [0.1, 0.15) is 50.2 Å². The highest BCUT2D eigenvalue weighted by molar-refractivity contribution is 6.17. The maximum Gasteiger partial charge on any atom is 0.355 e. The van der Waals surface area contributed by atoms with Crippen LogP contribution in [0.2, 0.25) is 0 Å². The lowest BCUT2D eigenvalue weighted by molar-refractivity contribution is 0.0516. The first kappa shape index (κ1) is 13.5. The van der Waals surface area contributed by atoms with Crippen LogP contribution in [0.15, 0.2) is 0 Å². The molecule has 1 aromatic heterocycles. The second kappa shape index (κ2) is 4.97. The molecule has 6 nitrogen and oxygen atoms in total. The van der Waals surface area contributed by atoms with Gasteiger partial charge in [-0.1, -0.05) is 0 Å². The summed E-state index contributed by atoms with van der Waals surface area (Å²) in [6, 6.07) is 0. The Labute approximate surface area is 110 Å². The van der Waals surface area contributed by atoms with Gasteiger partial charge in [-0.05, 0) is 19.4 Å². The van der Waals surface area contributed by atoms with Crippen molar-refractivity contribution in [3.8, 4) is 0 Å². The second-order valence-electron chi connectivity index (χ2n) is 4.31. The molecule has 1 aliphatic rings. The molecule has 102 valence electrons. The highest BCUT2D eigenvalue weighted by Crippen LogP contribution is 2.28. The van der Waals surface area contributed by atoms with E-state index in [0.717, 1.165) is 0 Å². The second-order valence-corrected chi connectivity index (χ2v) is 4.31. The van der Waals surface area contributed by atoms with Crippen molar-refractivity contribution in [3.05, 3.63) is 22.5 Å². The predicted molar refractivity (Wildman–Crippen MR) is 65.6 cm³/mol. The van der Waals surface area contributed by atoms with Crippen LogP contribution in [0.5, 0.6) is 0 Å². The number of nitrogens with one attached hydrogen (secondary N) is 1. The third kappa shape index (κ3) is 2.08. The summed E-state index contributed by atoms with van der Waals surface area (Å²) >= 11 is 0. The fourth-order valence-electron chi connectivity index (χ4n) is 2.23. The van der Waals surface area contributed by atoms with Gasteiger partial charge in [-0.15, -0.1) is 0 Å². The first-order chi connectivity index (χ1) is 9.01. The van der Waals surface area contributed by atoms with E-state index in [0.29, 0.717) is 5.56 Å². The Morgan fingerprint density at radius 2 is 2.11 bits per heavy atom. The molecule has 6 heteroatoms. The van der Waals surface area contributed by atoms with Crippen molar-refractivity contribution in [1.29, 1.82) is 0 Å². The van der Waals surface area contributed by atoms with Gasteiger partial charge in [-0.2, -0.15) is 0 Å². The van der Waals surface area contributed by atoms with Crippen molar-refractivity contribution in [2.75, 3.05) is 13.7 Å². The van der Waals surface area contributed by atoms with E-state index in [2.05, 4.69) is 4.98 Å². The molecule has 0 saturated carbocycles. The van der Waals surface area contributed by atoms with Gasteiger partial charge in [-0.25, -0.2) is 4.79 Å². The number of ketones is 2. The number of hydrogen-bond donors (Lipinski definition) is 1. The first-order valence-electron chi connectivity index (χ1n) is 6.01. The standard InChI is InChI=1S/C13H15NO5/c1-4-19-13(17)10-6(2)9-11(14-10)7(15)5-8(18-3)12(9)16/h8,14H,4-5H2,1-3H3. The summed E-state index contributed by atoms with van der Waals surface area (Å²) < 4.78 is 9.89. The molecule has 1 aliphatic carbocycles. The number of rotatable bonds is 3. The van der Waals surface area contributed by atoms with E-state index >= 15 is 0 Å². The van der Waals surface area contributed by atoms with Crippen LogP contribution in [-0.4, -0.2) is 42.3 Å². The van der Waals surface area contributed by atoms with Crippen LogP contribution in [0, 0.1) is 6.92 Å². The van der Waals surface area contributed by atoms with Crippen molar-refractivity contribution in [1.82, 2.24) is 4.98 Å². The third-order valence-corrected chi connectivity index (χ3v) is 3.20. The molecular formula is C13H15NO5. The van der Waals surface area contributed by atoms with Gasteiger partial charge < -0.3 is 14.5 Å². The molecule has 0 saturated heterocycles. The highest BCUT2D eigenvalue weighted by Gasteiger charge is 2.37. The number of esters is 1. The fourth-order valence-corrected chi connectivity index (χ4v) is 2.23. The van der Waals surface area contributed by atoms with E-state index in [1.807, 2.05) is 0 Å². The Morgan fingerprint density at radius 3 is 2.68 bits per heavy atom. The summed E-state index contributed by atoms with van der Waals surface area (Å²) in [6.07, 6.45) is -0.783. The zero-order valence-electron chi connectivity index (χ0n) is 11.0. The van der Waals surface area contributed by atoms with Crippen molar-refractivity contribution >= 4 is 17.5 Å². The van der Waals surface area contributed by atoms with E-state index in [4.69, 9.17) is 9.47 Å². The summed E-state index contributed by atoms with van der Waals surface area (Å²) in [5.41, 5.74) is 1.02. The molecule has 19 heavy (non-hydrogen) atoms. The molecule has 0 amide bonds. The van der Waals surface area contributed by atoms with Crippen LogP contribution in [0.4, 0.5) is 0 Å². The van der Waals surface area contributed by atoms with Gasteiger partial charge in [0.05, 0.1) is 17.9 Å². The van der Waals surface area contributed by atoms with Crippen molar-refractivity contribution in [2.45, 2.75) is 26.4 Å². The molecule has 1 heterocycles. The van der Waals surface area contributed by atoms with Gasteiger partial charge in [0.1, 0.15) is 11.8 Å². The monoisotopic (exact) mass is 265 g/mol. The van der Waals surface area contributed by atoms with Crippen molar-refractivity contribution in [3.63, 3.8) is 0 Å². The predicted octanol–water partition coefficient (Wildman–Crippen LogP) is 1.28. The number of carbonyl (C=O) groups is 3. The molecule has 0 fully saturated rings. The topological polar surface area (TPSA) is 85.5 Å². The summed E-state index contributed by atoms with van der Waals surface area (Å²) in [7, 11) is 1.38. The third-order valence-electron chi connectivity index (χ3n) is 3.20. The molecule has 0 spiro atoms. The summed E-state index contributed by atoms with van der Waals surface area (Å²) in [5.74, 6) is -1.08. The molecule has 1 aromatic rings. The number of Topliss-reactive ketones (excluding diaryl/α,β-unsaturated/α-hetero) is 2. The van der Waals surface area contributed by atoms with Crippen LogP contribution >= 0.6 is 0 Å². The van der Waals surface area contributed by atoms with E-state index in [9.17, 15) is 14.4 Å². The lowest BCUT2D eigenvalue weighted by atomic mass is 9.90. The van der Waals surface area contributed by atoms with Gasteiger partial charge in [0.15, 0.2) is 11.6 Å². The Balaban J connectivity index is 2.51. The van der Waals surface area contributed by atoms with E-state index in [1.54, 1.807) is 13.8 Å². The van der Waals surface area contributed by atoms with Crippen LogP contribution < -0.4 is 0 Å². The largest absolute Gasteiger partial charge is 0.461 e. The fraction of sp³-hybridized carbons (Fsp3) is 0.462. The zero-order chi connectivity index (χ0) is 14.2. The SMILES string of the molecule is CCOC(=O)c1[nH]c2c(c1C)C(=O)C(OC)CC2=O. The molecule has 1 atom stereocenters. The molecule has 0 aromatic carbocycles. The maximum atomic E-state index is 12.2. The van der Waals surface area contributed by atoms with Gasteiger partial charge in [0.25, 0.3) is 0 Å². The number of hydrogen-bond acceptors (Lipinski definition) is 5. The number of aromatic nitrogens is 1. The minimum Gasteiger partial charge on any atom is -0.461 e. The van der Waals surface area contributed by atoms with Gasteiger partial charge in [0, 0.05) is 13.5 Å². The Bertz CT molecular complexity index is 558. The number of fused-ring (bicyclic) bond motifs is 1. The highest BCUT2D eigenvalue weighted by atomic mass is 16.5. The molecule has 0 radical (unpaired) electrons. The van der Waals surface area contributed by atoms with Crippen LogP contribution in [-0.2, 0) is 9.47 Å². The number of ether oxygens (including phenoxy) is 2. The summed E-state index contributed by atoms with van der Waals surface area (Å²) in [6.45, 7) is 3.53. The molecule has 0 aliphatic heterocycles. The number of H-pyrrole nitrogens is 1. The summed E-state index contributed by atoms with van der Waals surface area (Å²) in [4.78, 5) is 38.5. The molecule has 0 bridgehead atoms. The lowest BCUT2D eigenvalue weighted by Gasteiger charge is -2.18. The lowest BCUT2D eigenvalue weighted by Crippen LogP contribution is -2.32. The minimum atomic E-state index is -0.774. The number of methoxy groups -OCH3 is 1. The summed E-state index contributed by atoms with van der Waals surface area (Å²) in [5, 5.41) is 0. The molecular weight excluding hydrogens is 250 g/mol. The van der Waals surface area contributed by atoms with Gasteiger partial charge in [0.2, 0.25) is 0 Å². The number of aromatic amines is 1. The van der Waals surface area contributed by atoms with Gasteiger partial charge >= 0.3 is 5.97 Å². The van der Waals surface area contributed by atoms with E-state index in [-0.39, 0.29) is 41.5 Å². The van der Waals surface area contributed by atoms with Crippen molar-refractivity contribution < 1.29 is 23.9 Å². The maximum absolute atomic E-state index is 12.2. The quantitative estimate of drug-likeness (QED) is 0.832. The normalized spacial score (nSPS) is 18.4. The average molecular weight is 265 g/mol. The first-order valence-corrected chi connectivity index (χ1v) is 6.01. The average Bonchev–Trinajstić information content (AvgIpc) is 2.73. The Hall–Kier alpha value is -1.95. The Kier molecular flexibility index (Phi) is 3.53. The Morgan fingerprint density at radius 1 is 1.42 bits per heavy atom.